The van der Waals surface area contributed by atoms with Crippen LogP contribution in [0.15, 0.2) is 42.7 Å². The van der Waals surface area contributed by atoms with E-state index in [-0.39, 0.29) is 12.0 Å². The lowest BCUT2D eigenvalue weighted by Crippen LogP contribution is -2.49. The molecule has 0 spiro atoms. The number of carbonyl (C=O) groups is 2. The molecule has 0 N–H and O–H groups in total. The Morgan fingerprint density at radius 1 is 1.03 bits per heavy atom. The van der Waals surface area contributed by atoms with Gasteiger partial charge < -0.3 is 19.4 Å². The highest BCUT2D eigenvalue weighted by Gasteiger charge is 2.23. The number of hydrogen-bond acceptors (Lipinski definition) is 6. The first-order valence-corrected chi connectivity index (χ1v) is 9.94. The summed E-state index contributed by atoms with van der Waals surface area (Å²) in [4.78, 5) is 38.9. The molecule has 1 fully saturated rings. The highest BCUT2D eigenvalue weighted by Crippen LogP contribution is 2.14. The van der Waals surface area contributed by atoms with Crippen LogP contribution >= 0.6 is 0 Å². The average Bonchev–Trinajstić information content (AvgIpc) is 2.78. The number of nitrogens with zero attached hydrogens (tertiary/aromatic N) is 5. The molecule has 1 aromatic heterocycles. The molecule has 1 saturated heterocycles. The molecule has 154 valence electrons. The molecule has 3 rings (SSSR count). The fourth-order valence-electron chi connectivity index (χ4n) is 3.22. The van der Waals surface area contributed by atoms with Gasteiger partial charge in [-0.3, -0.25) is 4.79 Å². The molecule has 1 aliphatic rings. The Bertz CT molecular complexity index is 805. The van der Waals surface area contributed by atoms with E-state index in [1.807, 2.05) is 37.3 Å². The van der Waals surface area contributed by atoms with Gasteiger partial charge in [0.1, 0.15) is 11.5 Å². The summed E-state index contributed by atoms with van der Waals surface area (Å²) in [5.41, 5.74) is 1.41. The normalized spacial score (nSPS) is 13.9. The Labute approximate surface area is 171 Å². The van der Waals surface area contributed by atoms with E-state index in [0.29, 0.717) is 57.4 Å². The summed E-state index contributed by atoms with van der Waals surface area (Å²) in [7, 11) is 0. The third-order valence-corrected chi connectivity index (χ3v) is 4.87. The van der Waals surface area contributed by atoms with E-state index in [0.717, 1.165) is 5.56 Å². The molecule has 2 amide bonds. The maximum Gasteiger partial charge on any atom is 0.409 e. The second-order valence-corrected chi connectivity index (χ2v) is 6.74. The quantitative estimate of drug-likeness (QED) is 0.745. The number of rotatable bonds is 6. The van der Waals surface area contributed by atoms with Crippen molar-refractivity contribution in [3.63, 3.8) is 0 Å². The SMILES string of the molecule is CCOC(=O)N1CCN(c2cnc(C(=O)N(CC)Cc3ccccc3)cn2)CC1. The average molecular weight is 397 g/mol. The van der Waals surface area contributed by atoms with E-state index in [1.54, 1.807) is 22.9 Å². The lowest BCUT2D eigenvalue weighted by Gasteiger charge is -2.34. The van der Waals surface area contributed by atoms with Crippen LogP contribution in [0.3, 0.4) is 0 Å². The minimum absolute atomic E-state index is 0.137. The van der Waals surface area contributed by atoms with Crippen molar-refractivity contribution in [3.8, 4) is 0 Å². The van der Waals surface area contributed by atoms with Crippen LogP contribution in [0.5, 0.6) is 0 Å². The first-order chi connectivity index (χ1) is 14.1. The molecule has 29 heavy (non-hydrogen) atoms. The molecule has 8 nitrogen and oxygen atoms in total. The molecule has 0 bridgehead atoms. The van der Waals surface area contributed by atoms with Crippen molar-refractivity contribution in [1.29, 1.82) is 0 Å². The number of piperazine rings is 1. The molecule has 0 unspecified atom stereocenters. The third kappa shape index (κ3) is 5.22. The third-order valence-electron chi connectivity index (χ3n) is 4.87. The van der Waals surface area contributed by atoms with Crippen molar-refractivity contribution in [2.24, 2.45) is 0 Å². The molecule has 1 aromatic carbocycles. The summed E-state index contributed by atoms with van der Waals surface area (Å²) >= 11 is 0. The number of carbonyl (C=O) groups excluding carboxylic acids is 2. The van der Waals surface area contributed by atoms with Gasteiger partial charge in [0.15, 0.2) is 0 Å². The lowest BCUT2D eigenvalue weighted by molar-refractivity contribution is 0.0746. The van der Waals surface area contributed by atoms with E-state index < -0.39 is 0 Å². The highest BCUT2D eigenvalue weighted by atomic mass is 16.6. The van der Waals surface area contributed by atoms with Gasteiger partial charge in [-0.1, -0.05) is 30.3 Å². The molecular weight excluding hydrogens is 370 g/mol. The number of anilines is 1. The first-order valence-electron chi connectivity index (χ1n) is 9.94. The van der Waals surface area contributed by atoms with Crippen LogP contribution in [-0.4, -0.2) is 71.1 Å². The summed E-state index contributed by atoms with van der Waals surface area (Å²) in [5.74, 6) is 0.568. The smallest absolute Gasteiger partial charge is 0.409 e. The summed E-state index contributed by atoms with van der Waals surface area (Å²) in [5, 5.41) is 0. The summed E-state index contributed by atoms with van der Waals surface area (Å²) in [6.45, 7) is 7.69. The fraction of sp³-hybridized carbons (Fsp3) is 0.429. The molecule has 0 atom stereocenters. The Morgan fingerprint density at radius 2 is 1.76 bits per heavy atom. The lowest BCUT2D eigenvalue weighted by atomic mass is 10.2. The van der Waals surface area contributed by atoms with Crippen LogP contribution in [0.2, 0.25) is 0 Å². The van der Waals surface area contributed by atoms with Crippen molar-refractivity contribution in [2.75, 3.05) is 44.2 Å². The topological polar surface area (TPSA) is 78.9 Å². The zero-order chi connectivity index (χ0) is 20.6. The molecule has 8 heteroatoms. The molecule has 2 heterocycles. The molecule has 0 saturated carbocycles. The molecular formula is C21H27N5O3. The molecule has 0 aliphatic carbocycles. The van der Waals surface area contributed by atoms with Gasteiger partial charge in [0, 0.05) is 39.3 Å². The van der Waals surface area contributed by atoms with E-state index >= 15 is 0 Å². The molecule has 0 radical (unpaired) electrons. The first kappa shape index (κ1) is 20.6. The Hall–Kier alpha value is -3.16. The van der Waals surface area contributed by atoms with Gasteiger partial charge in [0.05, 0.1) is 19.0 Å². The van der Waals surface area contributed by atoms with E-state index in [9.17, 15) is 9.59 Å². The van der Waals surface area contributed by atoms with Crippen LogP contribution in [0.4, 0.5) is 10.6 Å². The Morgan fingerprint density at radius 3 is 2.34 bits per heavy atom. The summed E-state index contributed by atoms with van der Waals surface area (Å²) < 4.78 is 5.04. The minimum atomic E-state index is -0.280. The van der Waals surface area contributed by atoms with Crippen LogP contribution in [0.1, 0.15) is 29.9 Å². The largest absolute Gasteiger partial charge is 0.450 e. The maximum absolute atomic E-state index is 12.8. The van der Waals surface area contributed by atoms with Crippen molar-refractivity contribution >= 4 is 17.8 Å². The van der Waals surface area contributed by atoms with E-state index in [2.05, 4.69) is 14.9 Å². The number of aromatic nitrogens is 2. The summed E-state index contributed by atoms with van der Waals surface area (Å²) in [6.07, 6.45) is 2.88. The monoisotopic (exact) mass is 397 g/mol. The predicted molar refractivity (Wildman–Crippen MR) is 110 cm³/mol. The standard InChI is InChI=1S/C21H27N5O3/c1-3-24(16-17-8-6-5-7-9-17)20(27)18-14-23-19(15-22-18)25-10-12-26(13-11-25)21(28)29-4-2/h5-9,14-15H,3-4,10-13,16H2,1-2H3. The van der Waals surface area contributed by atoms with Gasteiger partial charge in [-0.05, 0) is 19.4 Å². The number of benzene rings is 1. The van der Waals surface area contributed by atoms with Crippen LogP contribution < -0.4 is 4.90 Å². The van der Waals surface area contributed by atoms with E-state index in [4.69, 9.17) is 4.74 Å². The van der Waals surface area contributed by atoms with Gasteiger partial charge in [0.2, 0.25) is 0 Å². The van der Waals surface area contributed by atoms with Crippen molar-refractivity contribution in [3.05, 3.63) is 54.0 Å². The van der Waals surface area contributed by atoms with Gasteiger partial charge in [0.25, 0.3) is 5.91 Å². The van der Waals surface area contributed by atoms with Gasteiger partial charge in [-0.25, -0.2) is 14.8 Å². The minimum Gasteiger partial charge on any atom is -0.450 e. The van der Waals surface area contributed by atoms with Gasteiger partial charge in [-0.15, -0.1) is 0 Å². The zero-order valence-electron chi connectivity index (χ0n) is 17.0. The zero-order valence-corrected chi connectivity index (χ0v) is 17.0. The van der Waals surface area contributed by atoms with Gasteiger partial charge in [-0.2, -0.15) is 0 Å². The second-order valence-electron chi connectivity index (χ2n) is 6.74. The summed E-state index contributed by atoms with van der Waals surface area (Å²) in [6, 6.07) is 9.88. The van der Waals surface area contributed by atoms with E-state index in [1.165, 1.54) is 6.20 Å². The van der Waals surface area contributed by atoms with Crippen LogP contribution in [-0.2, 0) is 11.3 Å². The number of hydrogen-bond donors (Lipinski definition) is 0. The highest BCUT2D eigenvalue weighted by molar-refractivity contribution is 5.92. The van der Waals surface area contributed by atoms with Crippen LogP contribution in [0.25, 0.3) is 0 Å². The van der Waals surface area contributed by atoms with Crippen LogP contribution in [0, 0.1) is 0 Å². The number of ether oxygens (including phenoxy) is 1. The number of amides is 2. The fourth-order valence-corrected chi connectivity index (χ4v) is 3.22. The predicted octanol–water partition coefficient (Wildman–Crippen LogP) is 2.42. The molecule has 2 aromatic rings. The van der Waals surface area contributed by atoms with Gasteiger partial charge >= 0.3 is 6.09 Å². The second kappa shape index (κ2) is 9.86. The Balaban J connectivity index is 1.59. The Kier molecular flexibility index (Phi) is 6.99. The maximum atomic E-state index is 12.8. The van der Waals surface area contributed by atoms with Crippen molar-refractivity contribution in [1.82, 2.24) is 19.8 Å². The van der Waals surface area contributed by atoms with Crippen molar-refractivity contribution in [2.45, 2.75) is 20.4 Å². The van der Waals surface area contributed by atoms with Crippen molar-refractivity contribution < 1.29 is 14.3 Å². The molecule has 1 aliphatic heterocycles.